The van der Waals surface area contributed by atoms with E-state index in [2.05, 4.69) is 15.3 Å². The standard InChI is InChI=1S/C14H20N4O2S/c1-18(2)14-17-13(20-4)11(21-14)9-15-8-10-6-5-7-16-12(10)19-3/h5-7,15H,8-9H2,1-4H3. The molecule has 0 aliphatic carbocycles. The number of aromatic nitrogens is 2. The molecule has 0 fully saturated rings. The molecular formula is C14H20N4O2S. The van der Waals surface area contributed by atoms with E-state index in [0.717, 1.165) is 15.6 Å². The third-order valence-electron chi connectivity index (χ3n) is 2.87. The van der Waals surface area contributed by atoms with E-state index in [1.165, 1.54) is 0 Å². The number of nitrogens with one attached hydrogen (secondary N) is 1. The minimum Gasteiger partial charge on any atom is -0.481 e. The maximum atomic E-state index is 5.32. The Labute approximate surface area is 128 Å². The van der Waals surface area contributed by atoms with Crippen molar-refractivity contribution in [2.45, 2.75) is 13.1 Å². The van der Waals surface area contributed by atoms with Gasteiger partial charge in [-0.2, -0.15) is 4.98 Å². The van der Waals surface area contributed by atoms with Crippen LogP contribution >= 0.6 is 11.3 Å². The van der Waals surface area contributed by atoms with Crippen molar-refractivity contribution in [1.29, 1.82) is 0 Å². The van der Waals surface area contributed by atoms with Crippen LogP contribution < -0.4 is 19.7 Å². The summed E-state index contributed by atoms with van der Waals surface area (Å²) in [5.41, 5.74) is 1.02. The lowest BCUT2D eigenvalue weighted by atomic mass is 10.2. The first-order valence-electron chi connectivity index (χ1n) is 6.55. The second-order valence-corrected chi connectivity index (χ2v) is 5.66. The van der Waals surface area contributed by atoms with Crippen LogP contribution in [0.2, 0.25) is 0 Å². The zero-order valence-electron chi connectivity index (χ0n) is 12.7. The van der Waals surface area contributed by atoms with Crippen LogP contribution in [-0.4, -0.2) is 38.3 Å². The quantitative estimate of drug-likeness (QED) is 0.843. The molecule has 0 aliphatic heterocycles. The molecule has 6 nitrogen and oxygen atoms in total. The number of rotatable bonds is 7. The summed E-state index contributed by atoms with van der Waals surface area (Å²) < 4.78 is 10.6. The van der Waals surface area contributed by atoms with Gasteiger partial charge in [0, 0.05) is 38.9 Å². The molecule has 7 heteroatoms. The van der Waals surface area contributed by atoms with E-state index >= 15 is 0 Å². The van der Waals surface area contributed by atoms with Gasteiger partial charge in [-0.1, -0.05) is 17.4 Å². The highest BCUT2D eigenvalue weighted by Gasteiger charge is 2.13. The average molecular weight is 308 g/mol. The van der Waals surface area contributed by atoms with Crippen molar-refractivity contribution < 1.29 is 9.47 Å². The second kappa shape index (κ2) is 7.24. The largest absolute Gasteiger partial charge is 0.481 e. The van der Waals surface area contributed by atoms with Gasteiger partial charge in [0.2, 0.25) is 11.8 Å². The molecule has 0 atom stereocenters. The Balaban J connectivity index is 2.00. The zero-order valence-corrected chi connectivity index (χ0v) is 13.5. The SMILES string of the molecule is COc1ncccc1CNCc1sc(N(C)C)nc1OC. The van der Waals surface area contributed by atoms with E-state index in [1.54, 1.807) is 31.8 Å². The van der Waals surface area contributed by atoms with Crippen LogP contribution in [0.5, 0.6) is 11.8 Å². The van der Waals surface area contributed by atoms with E-state index in [-0.39, 0.29) is 0 Å². The van der Waals surface area contributed by atoms with Crippen molar-refractivity contribution in [1.82, 2.24) is 15.3 Å². The minimum absolute atomic E-state index is 0.648. The molecule has 1 N–H and O–H groups in total. The van der Waals surface area contributed by atoms with Crippen LogP contribution in [0.4, 0.5) is 5.13 Å². The van der Waals surface area contributed by atoms with E-state index in [9.17, 15) is 0 Å². The van der Waals surface area contributed by atoms with Crippen LogP contribution in [0.3, 0.4) is 0 Å². The molecule has 0 spiro atoms. The van der Waals surface area contributed by atoms with E-state index in [0.29, 0.717) is 24.8 Å². The summed E-state index contributed by atoms with van der Waals surface area (Å²) in [6.45, 7) is 1.36. The Morgan fingerprint density at radius 1 is 1.19 bits per heavy atom. The molecule has 0 saturated heterocycles. The summed E-state index contributed by atoms with van der Waals surface area (Å²) in [4.78, 5) is 11.7. The van der Waals surface area contributed by atoms with Crippen LogP contribution in [-0.2, 0) is 13.1 Å². The van der Waals surface area contributed by atoms with Gasteiger partial charge in [0.1, 0.15) is 0 Å². The molecule has 0 unspecified atom stereocenters. The van der Waals surface area contributed by atoms with Crippen LogP contribution in [0.1, 0.15) is 10.4 Å². The predicted molar refractivity (Wildman–Crippen MR) is 84.3 cm³/mol. The molecule has 0 saturated carbocycles. The number of anilines is 1. The van der Waals surface area contributed by atoms with Crippen LogP contribution in [0, 0.1) is 0 Å². The molecule has 2 aromatic heterocycles. The fourth-order valence-electron chi connectivity index (χ4n) is 1.84. The number of pyridine rings is 1. The average Bonchev–Trinajstić information content (AvgIpc) is 2.91. The summed E-state index contributed by atoms with van der Waals surface area (Å²) >= 11 is 1.62. The number of ether oxygens (including phenoxy) is 2. The first-order chi connectivity index (χ1) is 10.2. The van der Waals surface area contributed by atoms with Crippen molar-refractivity contribution in [3.8, 4) is 11.8 Å². The Morgan fingerprint density at radius 2 is 1.95 bits per heavy atom. The molecular weight excluding hydrogens is 288 g/mol. The summed E-state index contributed by atoms with van der Waals surface area (Å²) in [7, 11) is 7.20. The predicted octanol–water partition coefficient (Wildman–Crippen LogP) is 1.91. The van der Waals surface area contributed by atoms with Gasteiger partial charge in [0.05, 0.1) is 19.1 Å². The maximum absolute atomic E-state index is 5.32. The molecule has 2 aromatic rings. The van der Waals surface area contributed by atoms with Crippen molar-refractivity contribution in [3.05, 3.63) is 28.8 Å². The molecule has 0 amide bonds. The fourth-order valence-corrected chi connectivity index (χ4v) is 2.76. The van der Waals surface area contributed by atoms with Gasteiger partial charge in [-0.05, 0) is 6.07 Å². The molecule has 2 rings (SSSR count). The lowest BCUT2D eigenvalue weighted by molar-refractivity contribution is 0.388. The molecule has 0 aromatic carbocycles. The summed E-state index contributed by atoms with van der Waals surface area (Å²) in [5.74, 6) is 1.32. The lowest BCUT2D eigenvalue weighted by Gasteiger charge is -2.08. The van der Waals surface area contributed by atoms with Crippen LogP contribution in [0.15, 0.2) is 18.3 Å². The Morgan fingerprint density at radius 3 is 2.62 bits per heavy atom. The maximum Gasteiger partial charge on any atom is 0.230 e. The van der Waals surface area contributed by atoms with Crippen LogP contribution in [0.25, 0.3) is 0 Å². The summed E-state index contributed by atoms with van der Waals surface area (Å²) in [5, 5.41) is 4.30. The van der Waals surface area contributed by atoms with E-state index in [1.807, 2.05) is 31.1 Å². The van der Waals surface area contributed by atoms with Crippen molar-refractivity contribution in [2.24, 2.45) is 0 Å². The third kappa shape index (κ3) is 3.83. The number of methoxy groups -OCH3 is 2. The Hall–Kier alpha value is -1.86. The van der Waals surface area contributed by atoms with Crippen molar-refractivity contribution in [3.63, 3.8) is 0 Å². The molecule has 0 radical (unpaired) electrons. The highest BCUT2D eigenvalue weighted by molar-refractivity contribution is 7.15. The highest BCUT2D eigenvalue weighted by atomic mass is 32.1. The summed E-state index contributed by atoms with van der Waals surface area (Å²) in [6.07, 6.45) is 1.72. The third-order valence-corrected chi connectivity index (χ3v) is 4.07. The number of thiazole rings is 1. The molecule has 0 bridgehead atoms. The molecule has 114 valence electrons. The van der Waals surface area contributed by atoms with Gasteiger partial charge in [-0.3, -0.25) is 0 Å². The first kappa shape index (κ1) is 15.5. The summed E-state index contributed by atoms with van der Waals surface area (Å²) in [6, 6.07) is 3.89. The van der Waals surface area contributed by atoms with Crippen molar-refractivity contribution in [2.75, 3.05) is 33.2 Å². The van der Waals surface area contributed by atoms with Gasteiger partial charge >= 0.3 is 0 Å². The molecule has 21 heavy (non-hydrogen) atoms. The zero-order chi connectivity index (χ0) is 15.2. The smallest absolute Gasteiger partial charge is 0.230 e. The first-order valence-corrected chi connectivity index (χ1v) is 7.37. The lowest BCUT2D eigenvalue weighted by Crippen LogP contribution is -2.13. The fraction of sp³-hybridized carbons (Fsp3) is 0.429. The van der Waals surface area contributed by atoms with Gasteiger partial charge in [0.25, 0.3) is 0 Å². The van der Waals surface area contributed by atoms with E-state index < -0.39 is 0 Å². The Bertz CT molecular complexity index is 586. The molecule has 0 aliphatic rings. The monoisotopic (exact) mass is 308 g/mol. The van der Waals surface area contributed by atoms with Gasteiger partial charge in [-0.15, -0.1) is 0 Å². The van der Waals surface area contributed by atoms with Gasteiger partial charge < -0.3 is 19.7 Å². The van der Waals surface area contributed by atoms with E-state index in [4.69, 9.17) is 9.47 Å². The second-order valence-electron chi connectivity index (χ2n) is 4.60. The number of hydrogen-bond acceptors (Lipinski definition) is 7. The Kier molecular flexibility index (Phi) is 5.35. The molecule has 2 heterocycles. The van der Waals surface area contributed by atoms with Gasteiger partial charge in [-0.25, -0.2) is 4.98 Å². The van der Waals surface area contributed by atoms with Gasteiger partial charge in [0.15, 0.2) is 5.13 Å². The minimum atomic E-state index is 0.648. The number of hydrogen-bond donors (Lipinski definition) is 1. The highest BCUT2D eigenvalue weighted by Crippen LogP contribution is 2.30. The normalized spacial score (nSPS) is 10.5. The van der Waals surface area contributed by atoms with Crippen molar-refractivity contribution >= 4 is 16.5 Å². The number of nitrogens with zero attached hydrogens (tertiary/aromatic N) is 3. The topological polar surface area (TPSA) is 59.5 Å².